The highest BCUT2D eigenvalue weighted by atomic mass is 35.5. The van der Waals surface area contributed by atoms with Gasteiger partial charge < -0.3 is 18.6 Å². The van der Waals surface area contributed by atoms with Crippen molar-refractivity contribution in [2.24, 2.45) is 0 Å². The maximum absolute atomic E-state index is 13.5. The molecule has 0 aliphatic heterocycles. The van der Waals surface area contributed by atoms with E-state index in [-0.39, 0.29) is 17.1 Å². The number of hydrogen-bond donors (Lipinski definition) is 0. The largest absolute Gasteiger partial charge is 0.493 e. The van der Waals surface area contributed by atoms with Crippen molar-refractivity contribution < 1.29 is 23.4 Å². The number of carbonyl (C=O) groups is 1. The van der Waals surface area contributed by atoms with Crippen LogP contribution in [0.2, 0.25) is 5.02 Å². The Kier molecular flexibility index (Phi) is 6.11. The maximum Gasteiger partial charge on any atom is 0.343 e. The Morgan fingerprint density at radius 1 is 0.879 bits per heavy atom. The summed E-state index contributed by atoms with van der Waals surface area (Å²) >= 11 is 5.91. The minimum atomic E-state index is -0.705. The maximum atomic E-state index is 13.5. The van der Waals surface area contributed by atoms with Crippen molar-refractivity contribution in [1.82, 2.24) is 0 Å². The molecule has 168 valence electrons. The zero-order valence-corrected chi connectivity index (χ0v) is 19.3. The summed E-state index contributed by atoms with van der Waals surface area (Å²) in [4.78, 5) is 26.3. The number of ether oxygens (including phenoxy) is 3. The number of methoxy groups -OCH3 is 2. The van der Waals surface area contributed by atoms with E-state index in [1.165, 1.54) is 26.4 Å². The van der Waals surface area contributed by atoms with Crippen molar-refractivity contribution in [3.63, 3.8) is 0 Å². The molecule has 1 heterocycles. The van der Waals surface area contributed by atoms with Crippen LogP contribution in [0.1, 0.15) is 21.5 Å². The lowest BCUT2D eigenvalue weighted by molar-refractivity contribution is 0.0731. The van der Waals surface area contributed by atoms with Crippen molar-refractivity contribution >= 4 is 28.5 Å². The summed E-state index contributed by atoms with van der Waals surface area (Å²) in [5, 5.41) is 0.801. The van der Waals surface area contributed by atoms with E-state index in [1.54, 1.807) is 42.5 Å². The van der Waals surface area contributed by atoms with Crippen LogP contribution >= 0.6 is 11.6 Å². The normalized spacial score (nSPS) is 10.8. The summed E-state index contributed by atoms with van der Waals surface area (Å²) in [6.07, 6.45) is 0. The molecule has 0 atom stereocenters. The highest BCUT2D eigenvalue weighted by Crippen LogP contribution is 2.37. The van der Waals surface area contributed by atoms with Crippen molar-refractivity contribution in [1.29, 1.82) is 0 Å². The molecule has 7 heteroatoms. The standard InChI is InChI=1S/C26H21ClO6/c1-14-11-19-21(12-15(14)2)32-24(17-7-10-20(30-3)22(13-17)31-4)25(23(19)28)33-26(29)16-5-8-18(27)9-6-16/h5-13H,1-4H3. The Bertz CT molecular complexity index is 1420. The van der Waals surface area contributed by atoms with Crippen LogP contribution in [0.25, 0.3) is 22.3 Å². The number of halogens is 1. The van der Waals surface area contributed by atoms with Gasteiger partial charge in [-0.3, -0.25) is 4.79 Å². The van der Waals surface area contributed by atoms with Crippen molar-refractivity contribution in [3.05, 3.63) is 86.5 Å². The van der Waals surface area contributed by atoms with Crippen LogP contribution in [0, 0.1) is 13.8 Å². The van der Waals surface area contributed by atoms with Crippen LogP contribution in [0.5, 0.6) is 17.2 Å². The molecule has 0 bridgehead atoms. The number of fused-ring (bicyclic) bond motifs is 1. The fourth-order valence-corrected chi connectivity index (χ4v) is 3.56. The molecule has 0 radical (unpaired) electrons. The van der Waals surface area contributed by atoms with Crippen LogP contribution in [0.15, 0.2) is 63.8 Å². The predicted molar refractivity (Wildman–Crippen MR) is 127 cm³/mol. The Balaban J connectivity index is 1.94. The average molecular weight is 465 g/mol. The Morgan fingerprint density at radius 3 is 2.21 bits per heavy atom. The summed E-state index contributed by atoms with van der Waals surface area (Å²) < 4.78 is 22.4. The molecular weight excluding hydrogens is 444 g/mol. The predicted octanol–water partition coefficient (Wildman–Crippen LogP) is 5.97. The second-order valence-electron chi connectivity index (χ2n) is 7.49. The van der Waals surface area contributed by atoms with Gasteiger partial charge in [-0.25, -0.2) is 4.79 Å². The fourth-order valence-electron chi connectivity index (χ4n) is 3.43. The van der Waals surface area contributed by atoms with Crippen LogP contribution in [0.4, 0.5) is 0 Å². The average Bonchev–Trinajstić information content (AvgIpc) is 2.82. The van der Waals surface area contributed by atoms with E-state index in [0.29, 0.717) is 33.1 Å². The first-order valence-corrected chi connectivity index (χ1v) is 10.5. The second kappa shape index (κ2) is 9.00. The van der Waals surface area contributed by atoms with Gasteiger partial charge in [-0.05, 0) is 79.6 Å². The number of aryl methyl sites for hydroxylation is 2. The minimum Gasteiger partial charge on any atom is -0.493 e. The quantitative estimate of drug-likeness (QED) is 0.339. The molecule has 0 aliphatic rings. The van der Waals surface area contributed by atoms with Crippen LogP contribution < -0.4 is 19.6 Å². The number of hydrogen-bond acceptors (Lipinski definition) is 6. The molecule has 1 aromatic heterocycles. The molecule has 33 heavy (non-hydrogen) atoms. The first-order valence-electron chi connectivity index (χ1n) is 10.1. The van der Waals surface area contributed by atoms with Crippen LogP contribution in [-0.4, -0.2) is 20.2 Å². The Morgan fingerprint density at radius 2 is 1.55 bits per heavy atom. The minimum absolute atomic E-state index is 0.110. The molecule has 6 nitrogen and oxygen atoms in total. The lowest BCUT2D eigenvalue weighted by Crippen LogP contribution is -2.16. The summed E-state index contributed by atoms with van der Waals surface area (Å²) in [5.74, 6) is 0.143. The molecule has 4 aromatic rings. The fraction of sp³-hybridized carbons (Fsp3) is 0.154. The van der Waals surface area contributed by atoms with E-state index in [9.17, 15) is 9.59 Å². The molecule has 0 N–H and O–H groups in total. The molecule has 0 fully saturated rings. The van der Waals surface area contributed by atoms with E-state index in [4.69, 9.17) is 30.2 Å². The van der Waals surface area contributed by atoms with E-state index in [2.05, 4.69) is 0 Å². The smallest absolute Gasteiger partial charge is 0.343 e. The van der Waals surface area contributed by atoms with E-state index in [1.807, 2.05) is 13.8 Å². The van der Waals surface area contributed by atoms with Crippen molar-refractivity contribution in [2.75, 3.05) is 14.2 Å². The Hall–Kier alpha value is -3.77. The monoisotopic (exact) mass is 464 g/mol. The first-order chi connectivity index (χ1) is 15.8. The molecule has 0 saturated heterocycles. The van der Waals surface area contributed by atoms with Gasteiger partial charge in [-0.2, -0.15) is 0 Å². The van der Waals surface area contributed by atoms with Crippen LogP contribution in [-0.2, 0) is 0 Å². The summed E-state index contributed by atoms with van der Waals surface area (Å²) in [5.41, 5.74) is 2.56. The molecular formula is C26H21ClO6. The number of benzene rings is 3. The molecule has 0 aliphatic carbocycles. The summed E-state index contributed by atoms with van der Waals surface area (Å²) in [6, 6.07) is 14.8. The molecule has 0 amide bonds. The number of rotatable bonds is 5. The van der Waals surface area contributed by atoms with E-state index in [0.717, 1.165) is 11.1 Å². The number of esters is 1. The van der Waals surface area contributed by atoms with Crippen molar-refractivity contribution in [2.45, 2.75) is 13.8 Å². The van der Waals surface area contributed by atoms with E-state index < -0.39 is 11.4 Å². The van der Waals surface area contributed by atoms with Crippen LogP contribution in [0.3, 0.4) is 0 Å². The molecule has 0 spiro atoms. The summed E-state index contributed by atoms with van der Waals surface area (Å²) in [7, 11) is 3.03. The van der Waals surface area contributed by atoms with Gasteiger partial charge in [0.05, 0.1) is 25.2 Å². The van der Waals surface area contributed by atoms with E-state index >= 15 is 0 Å². The van der Waals surface area contributed by atoms with Gasteiger partial charge in [0.25, 0.3) is 0 Å². The van der Waals surface area contributed by atoms with Gasteiger partial charge in [0, 0.05) is 10.6 Å². The SMILES string of the molecule is COc1ccc(-c2oc3cc(C)c(C)cc3c(=O)c2OC(=O)c2ccc(Cl)cc2)cc1OC. The molecule has 0 saturated carbocycles. The first kappa shape index (κ1) is 22.4. The Labute approximate surface area is 195 Å². The molecule has 3 aromatic carbocycles. The summed E-state index contributed by atoms with van der Waals surface area (Å²) in [6.45, 7) is 3.83. The highest BCUT2D eigenvalue weighted by Gasteiger charge is 2.23. The lowest BCUT2D eigenvalue weighted by Gasteiger charge is -2.13. The van der Waals surface area contributed by atoms with Gasteiger partial charge in [-0.15, -0.1) is 0 Å². The molecule has 0 unspecified atom stereocenters. The van der Waals surface area contributed by atoms with Gasteiger partial charge in [0.2, 0.25) is 11.2 Å². The number of carbonyl (C=O) groups excluding carboxylic acids is 1. The third-order valence-corrected chi connectivity index (χ3v) is 5.64. The van der Waals surface area contributed by atoms with Gasteiger partial charge in [0.15, 0.2) is 17.3 Å². The zero-order chi connectivity index (χ0) is 23.7. The lowest BCUT2D eigenvalue weighted by atomic mass is 10.0. The second-order valence-corrected chi connectivity index (χ2v) is 7.92. The third kappa shape index (κ3) is 4.30. The van der Waals surface area contributed by atoms with Gasteiger partial charge >= 0.3 is 5.97 Å². The van der Waals surface area contributed by atoms with Gasteiger partial charge in [-0.1, -0.05) is 11.6 Å². The van der Waals surface area contributed by atoms with Crippen molar-refractivity contribution in [3.8, 4) is 28.6 Å². The van der Waals surface area contributed by atoms with Gasteiger partial charge in [0.1, 0.15) is 5.58 Å². The zero-order valence-electron chi connectivity index (χ0n) is 18.5. The highest BCUT2D eigenvalue weighted by molar-refractivity contribution is 6.30. The topological polar surface area (TPSA) is 75.0 Å². The third-order valence-electron chi connectivity index (χ3n) is 5.39. The molecule has 4 rings (SSSR count).